The zero-order valence-corrected chi connectivity index (χ0v) is 12.4. The lowest BCUT2D eigenvalue weighted by Crippen LogP contribution is -2.36. The number of carbonyl (C=O) groups excluding carboxylic acids is 1. The molecule has 1 heterocycles. The van der Waals surface area contributed by atoms with Crippen LogP contribution in [0.15, 0.2) is 0 Å². The molecule has 1 fully saturated rings. The van der Waals surface area contributed by atoms with E-state index in [1.807, 2.05) is 0 Å². The zero-order valence-electron chi connectivity index (χ0n) is 11.4. The van der Waals surface area contributed by atoms with E-state index in [2.05, 4.69) is 25.0 Å². The summed E-state index contributed by atoms with van der Waals surface area (Å²) in [5.41, 5.74) is 0. The van der Waals surface area contributed by atoms with Crippen molar-refractivity contribution in [1.29, 1.82) is 0 Å². The number of hydrogen-bond acceptors (Lipinski definition) is 3. The second-order valence-corrected chi connectivity index (χ2v) is 11.7. The number of nitrogens with one attached hydrogen (secondary N) is 1. The Morgan fingerprint density at radius 2 is 2.00 bits per heavy atom. The molecule has 4 nitrogen and oxygen atoms in total. The number of nitrogens with zero attached hydrogens (tertiary/aromatic N) is 1. The molecule has 0 aromatic heterocycles. The van der Waals surface area contributed by atoms with Crippen molar-refractivity contribution < 1.29 is 9.63 Å². The van der Waals surface area contributed by atoms with E-state index in [1.165, 1.54) is 5.06 Å². The van der Waals surface area contributed by atoms with Crippen molar-refractivity contribution in [2.24, 2.45) is 5.92 Å². The molecule has 5 heteroatoms. The molecule has 0 spiro atoms. The first-order chi connectivity index (χ1) is 8.01. The van der Waals surface area contributed by atoms with Crippen molar-refractivity contribution in [3.05, 3.63) is 0 Å². The van der Waals surface area contributed by atoms with Gasteiger partial charge in [0.25, 0.3) is 0 Å². The second-order valence-electron chi connectivity index (χ2n) is 6.04. The fraction of sp³-hybridized carbons (Fsp3) is 0.917. The van der Waals surface area contributed by atoms with Gasteiger partial charge in [0.15, 0.2) is 0 Å². The van der Waals surface area contributed by atoms with E-state index in [-0.39, 0.29) is 0 Å². The van der Waals surface area contributed by atoms with Gasteiger partial charge in [-0.15, -0.1) is 0 Å². The van der Waals surface area contributed by atoms with Gasteiger partial charge in [0.05, 0.1) is 13.2 Å². The molecule has 100 valence electrons. The number of amides is 1. The molecule has 1 aliphatic heterocycles. The Balaban J connectivity index is 2.21. The summed E-state index contributed by atoms with van der Waals surface area (Å²) in [5, 5.41) is 4.82. The Morgan fingerprint density at radius 1 is 1.35 bits per heavy atom. The summed E-state index contributed by atoms with van der Waals surface area (Å²) < 4.78 is 0. The minimum atomic E-state index is -1.07. The Hall–Kier alpha value is -0.393. The van der Waals surface area contributed by atoms with Crippen LogP contribution in [0.4, 0.5) is 0 Å². The summed E-state index contributed by atoms with van der Waals surface area (Å²) in [5.74, 6) is 0.591. The van der Waals surface area contributed by atoms with Crippen LogP contribution in [0.3, 0.4) is 0 Å². The highest BCUT2D eigenvalue weighted by atomic mass is 28.3. The molecule has 0 atom stereocenters. The molecule has 0 bridgehead atoms. The molecular weight excluding hydrogens is 232 g/mol. The molecule has 1 N–H and O–H groups in total. The minimum absolute atomic E-state index is 0.591. The van der Waals surface area contributed by atoms with Crippen LogP contribution in [0.25, 0.3) is 0 Å². The van der Waals surface area contributed by atoms with Crippen molar-refractivity contribution in [3.8, 4) is 0 Å². The molecule has 0 aromatic rings. The molecule has 1 amide bonds. The third-order valence-corrected chi connectivity index (χ3v) is 4.83. The molecule has 0 unspecified atom stereocenters. The maximum atomic E-state index is 10.9. The summed E-state index contributed by atoms with van der Waals surface area (Å²) in [6.07, 6.45) is 3.11. The fourth-order valence-electron chi connectivity index (χ4n) is 1.91. The smallest absolute Gasteiger partial charge is 0.233 e. The van der Waals surface area contributed by atoms with Crippen LogP contribution in [0, 0.1) is 5.92 Å². The highest BCUT2D eigenvalue weighted by Crippen LogP contribution is 2.14. The largest absolute Gasteiger partial charge is 0.317 e. The first-order valence-electron chi connectivity index (χ1n) is 6.57. The highest BCUT2D eigenvalue weighted by Gasteiger charge is 2.18. The quantitative estimate of drug-likeness (QED) is 0.429. The Kier molecular flexibility index (Phi) is 6.15. The lowest BCUT2D eigenvalue weighted by Gasteiger charge is -2.27. The maximum Gasteiger partial charge on any atom is 0.233 e. The first kappa shape index (κ1) is 14.7. The lowest BCUT2D eigenvalue weighted by molar-refractivity contribution is -0.174. The number of carbonyl (C=O) groups is 1. The van der Waals surface area contributed by atoms with Crippen LogP contribution in [-0.2, 0) is 9.63 Å². The van der Waals surface area contributed by atoms with E-state index in [9.17, 15) is 4.79 Å². The van der Waals surface area contributed by atoms with Crippen molar-refractivity contribution in [3.63, 3.8) is 0 Å². The molecule has 17 heavy (non-hydrogen) atoms. The van der Waals surface area contributed by atoms with Gasteiger partial charge in [-0.25, -0.2) is 5.06 Å². The molecular formula is C12H26N2O2Si. The van der Waals surface area contributed by atoms with Gasteiger partial charge in [0, 0.05) is 8.07 Å². The van der Waals surface area contributed by atoms with Gasteiger partial charge in [-0.05, 0) is 37.9 Å². The SMILES string of the molecule is C[Si](C)(C)CCON(C=O)CC1CCNCC1. The number of piperidine rings is 1. The van der Waals surface area contributed by atoms with E-state index in [0.29, 0.717) is 12.5 Å². The first-order valence-corrected chi connectivity index (χ1v) is 10.3. The number of hydrogen-bond donors (Lipinski definition) is 1. The van der Waals surface area contributed by atoms with Gasteiger partial charge < -0.3 is 5.32 Å². The van der Waals surface area contributed by atoms with Gasteiger partial charge in [0.1, 0.15) is 0 Å². The number of rotatable bonds is 7. The standard InChI is InChI=1S/C12H26N2O2Si/c1-17(2,3)9-8-16-14(11-15)10-12-4-6-13-7-5-12/h11-13H,4-10H2,1-3H3. The van der Waals surface area contributed by atoms with E-state index in [0.717, 1.165) is 44.9 Å². The summed E-state index contributed by atoms with van der Waals surface area (Å²) in [4.78, 5) is 16.5. The molecule has 0 radical (unpaired) electrons. The third kappa shape index (κ3) is 6.80. The Labute approximate surface area is 106 Å². The van der Waals surface area contributed by atoms with Crippen LogP contribution in [-0.4, -0.2) is 45.8 Å². The average Bonchev–Trinajstić information content (AvgIpc) is 2.27. The van der Waals surface area contributed by atoms with Gasteiger partial charge >= 0.3 is 0 Å². The summed E-state index contributed by atoms with van der Waals surface area (Å²) >= 11 is 0. The van der Waals surface area contributed by atoms with Crippen molar-refractivity contribution >= 4 is 14.5 Å². The van der Waals surface area contributed by atoms with E-state index >= 15 is 0 Å². The van der Waals surface area contributed by atoms with Gasteiger partial charge in [-0.3, -0.25) is 9.63 Å². The molecule has 0 aromatic carbocycles. The predicted octanol–water partition coefficient (Wildman–Crippen LogP) is 1.71. The van der Waals surface area contributed by atoms with Crippen molar-refractivity contribution in [2.75, 3.05) is 26.2 Å². The Morgan fingerprint density at radius 3 is 2.53 bits per heavy atom. The van der Waals surface area contributed by atoms with Crippen LogP contribution in [0.1, 0.15) is 12.8 Å². The van der Waals surface area contributed by atoms with Crippen LogP contribution in [0.2, 0.25) is 25.7 Å². The molecule has 0 aliphatic carbocycles. The van der Waals surface area contributed by atoms with Crippen molar-refractivity contribution in [1.82, 2.24) is 10.4 Å². The predicted molar refractivity (Wildman–Crippen MR) is 72.5 cm³/mol. The summed E-state index contributed by atoms with van der Waals surface area (Å²) in [6.45, 7) is 10.5. The molecule has 1 saturated heterocycles. The normalized spacial score (nSPS) is 18.1. The van der Waals surface area contributed by atoms with Gasteiger partial charge in [0.2, 0.25) is 6.41 Å². The Bertz CT molecular complexity index is 225. The summed E-state index contributed by atoms with van der Waals surface area (Å²) in [7, 11) is -1.07. The summed E-state index contributed by atoms with van der Waals surface area (Å²) in [6, 6.07) is 1.10. The zero-order chi connectivity index (χ0) is 12.7. The van der Waals surface area contributed by atoms with Crippen molar-refractivity contribution in [2.45, 2.75) is 38.5 Å². The van der Waals surface area contributed by atoms with Gasteiger partial charge in [-0.2, -0.15) is 0 Å². The molecule has 1 rings (SSSR count). The van der Waals surface area contributed by atoms with Gasteiger partial charge in [-0.1, -0.05) is 19.6 Å². The number of hydroxylamine groups is 2. The third-order valence-electron chi connectivity index (χ3n) is 3.12. The fourth-order valence-corrected chi connectivity index (χ4v) is 2.62. The van der Waals surface area contributed by atoms with Crippen LogP contribution in [0.5, 0.6) is 0 Å². The van der Waals surface area contributed by atoms with E-state index in [1.54, 1.807) is 0 Å². The second kappa shape index (κ2) is 7.13. The monoisotopic (exact) mass is 258 g/mol. The molecule has 1 aliphatic rings. The topological polar surface area (TPSA) is 41.6 Å². The van der Waals surface area contributed by atoms with Crippen LogP contribution < -0.4 is 5.32 Å². The highest BCUT2D eigenvalue weighted by molar-refractivity contribution is 6.76. The van der Waals surface area contributed by atoms with E-state index in [4.69, 9.17) is 4.84 Å². The van der Waals surface area contributed by atoms with E-state index < -0.39 is 8.07 Å². The average molecular weight is 258 g/mol. The maximum absolute atomic E-state index is 10.9. The van der Waals surface area contributed by atoms with Crippen LogP contribution >= 0.6 is 0 Å². The minimum Gasteiger partial charge on any atom is -0.317 e. The lowest BCUT2D eigenvalue weighted by atomic mass is 9.98. The molecule has 0 saturated carbocycles.